The van der Waals surface area contributed by atoms with Gasteiger partial charge in [0.2, 0.25) is 0 Å². The summed E-state index contributed by atoms with van der Waals surface area (Å²) in [6, 6.07) is 1.76. The fourth-order valence-corrected chi connectivity index (χ4v) is 1.40. The second-order valence-electron chi connectivity index (χ2n) is 3.21. The predicted octanol–water partition coefficient (Wildman–Crippen LogP) is 2.12. The number of nitrogens with zero attached hydrogens (tertiary/aromatic N) is 2. The minimum Gasteiger partial charge on any atom is -0.299 e. The molecule has 1 aliphatic rings. The Morgan fingerprint density at radius 3 is 2.14 bits per heavy atom. The molecule has 0 N–H and O–H groups in total. The smallest absolute Gasteiger partial charge is 0.143 e. The van der Waals surface area contributed by atoms with Crippen molar-refractivity contribution in [3.05, 3.63) is 24.3 Å². The predicted molar refractivity (Wildman–Crippen MR) is 55.0 cm³/mol. The molecule has 0 unspecified atom stereocenters. The van der Waals surface area contributed by atoms with Crippen molar-refractivity contribution in [2.45, 2.75) is 39.0 Å². The first-order valence-electron chi connectivity index (χ1n) is 5.04. The van der Waals surface area contributed by atoms with Gasteiger partial charge in [0.15, 0.2) is 0 Å². The van der Waals surface area contributed by atoms with Crippen molar-refractivity contribution in [3.63, 3.8) is 0 Å². The summed E-state index contributed by atoms with van der Waals surface area (Å²) in [7, 11) is 0. The van der Waals surface area contributed by atoms with Crippen molar-refractivity contribution in [1.29, 1.82) is 0 Å². The molecule has 0 aromatic carbocycles. The highest BCUT2D eigenvalue weighted by Gasteiger charge is 2.51. The standard InChI is InChI=1S/C9H10N2O.C2H6/c1-7(12)9(3-4-9)8-10-5-2-6-11-8;1-2/h2,5-6H,3-4H2,1H3;1-2H3. The van der Waals surface area contributed by atoms with E-state index in [1.54, 1.807) is 25.4 Å². The third-order valence-electron chi connectivity index (χ3n) is 2.42. The maximum absolute atomic E-state index is 11.2. The van der Waals surface area contributed by atoms with Gasteiger partial charge >= 0.3 is 0 Å². The molecule has 1 fully saturated rings. The molecule has 1 aromatic heterocycles. The first kappa shape index (κ1) is 10.8. The number of hydrogen-bond donors (Lipinski definition) is 0. The summed E-state index contributed by atoms with van der Waals surface area (Å²) in [5, 5.41) is 0. The van der Waals surface area contributed by atoms with Gasteiger partial charge in [0.25, 0.3) is 0 Å². The van der Waals surface area contributed by atoms with Crippen molar-refractivity contribution in [3.8, 4) is 0 Å². The zero-order valence-electron chi connectivity index (χ0n) is 8.95. The third kappa shape index (κ3) is 1.81. The average Bonchev–Trinajstić information content (AvgIpc) is 3.03. The fraction of sp³-hybridized carbons (Fsp3) is 0.545. The molecule has 2 rings (SSSR count). The van der Waals surface area contributed by atoms with Gasteiger partial charge in [-0.25, -0.2) is 9.97 Å². The Kier molecular flexibility index (Phi) is 3.33. The maximum atomic E-state index is 11.2. The molecule has 0 atom stereocenters. The van der Waals surface area contributed by atoms with E-state index in [2.05, 4.69) is 9.97 Å². The third-order valence-corrected chi connectivity index (χ3v) is 2.42. The van der Waals surface area contributed by atoms with Gasteiger partial charge in [-0.05, 0) is 25.8 Å². The molecular formula is C11H16N2O. The zero-order valence-corrected chi connectivity index (χ0v) is 8.95. The van der Waals surface area contributed by atoms with Gasteiger partial charge in [-0.2, -0.15) is 0 Å². The van der Waals surface area contributed by atoms with E-state index < -0.39 is 0 Å². The van der Waals surface area contributed by atoms with Gasteiger partial charge in [-0.15, -0.1) is 0 Å². The fourth-order valence-electron chi connectivity index (χ4n) is 1.40. The molecule has 1 aromatic rings. The Balaban J connectivity index is 0.000000461. The van der Waals surface area contributed by atoms with Gasteiger partial charge in [-0.1, -0.05) is 13.8 Å². The SMILES string of the molecule is CC.CC(=O)C1(c2ncccn2)CC1. The Morgan fingerprint density at radius 1 is 1.29 bits per heavy atom. The van der Waals surface area contributed by atoms with E-state index in [4.69, 9.17) is 0 Å². The summed E-state index contributed by atoms with van der Waals surface area (Å²) in [6.07, 6.45) is 5.19. The number of carbonyl (C=O) groups is 1. The molecule has 14 heavy (non-hydrogen) atoms. The Hall–Kier alpha value is -1.25. The lowest BCUT2D eigenvalue weighted by Crippen LogP contribution is -2.19. The quantitative estimate of drug-likeness (QED) is 0.720. The van der Waals surface area contributed by atoms with E-state index in [0.29, 0.717) is 5.82 Å². The van der Waals surface area contributed by atoms with Crippen LogP contribution in [0.3, 0.4) is 0 Å². The molecule has 3 heteroatoms. The normalized spacial score (nSPS) is 16.5. The van der Waals surface area contributed by atoms with Gasteiger partial charge in [0.1, 0.15) is 11.6 Å². The monoisotopic (exact) mass is 192 g/mol. The van der Waals surface area contributed by atoms with Gasteiger partial charge in [0, 0.05) is 12.4 Å². The Bertz CT molecular complexity index is 304. The molecule has 0 amide bonds. The summed E-state index contributed by atoms with van der Waals surface area (Å²) in [6.45, 7) is 5.61. The zero-order chi connectivity index (χ0) is 10.6. The second-order valence-corrected chi connectivity index (χ2v) is 3.21. The van der Waals surface area contributed by atoms with E-state index >= 15 is 0 Å². The summed E-state index contributed by atoms with van der Waals surface area (Å²) < 4.78 is 0. The van der Waals surface area contributed by atoms with E-state index in [9.17, 15) is 4.79 Å². The first-order valence-corrected chi connectivity index (χ1v) is 5.04. The lowest BCUT2D eigenvalue weighted by molar-refractivity contribution is -0.119. The van der Waals surface area contributed by atoms with Crippen LogP contribution in [0, 0.1) is 0 Å². The minimum atomic E-state index is -0.318. The minimum absolute atomic E-state index is 0.189. The molecule has 1 saturated carbocycles. The van der Waals surface area contributed by atoms with Crippen LogP contribution in [0.5, 0.6) is 0 Å². The van der Waals surface area contributed by atoms with Crippen LogP contribution in [0.2, 0.25) is 0 Å². The molecule has 0 radical (unpaired) electrons. The molecule has 76 valence electrons. The van der Waals surface area contributed by atoms with Crippen molar-refractivity contribution in [1.82, 2.24) is 9.97 Å². The summed E-state index contributed by atoms with van der Waals surface area (Å²) in [5.74, 6) is 0.881. The highest BCUT2D eigenvalue weighted by Crippen LogP contribution is 2.46. The van der Waals surface area contributed by atoms with E-state index in [-0.39, 0.29) is 11.2 Å². The largest absolute Gasteiger partial charge is 0.299 e. The number of Topliss-reactive ketones (excluding diaryl/α,β-unsaturated/α-hetero) is 1. The van der Waals surface area contributed by atoms with Crippen molar-refractivity contribution in [2.75, 3.05) is 0 Å². The second kappa shape index (κ2) is 4.31. The van der Waals surface area contributed by atoms with Crippen LogP contribution in [-0.2, 0) is 10.2 Å². The number of aromatic nitrogens is 2. The summed E-state index contributed by atoms with van der Waals surface area (Å²) in [5.41, 5.74) is -0.318. The van der Waals surface area contributed by atoms with Crippen LogP contribution in [0.1, 0.15) is 39.4 Å². The molecule has 0 spiro atoms. The summed E-state index contributed by atoms with van der Waals surface area (Å²) >= 11 is 0. The maximum Gasteiger partial charge on any atom is 0.143 e. The molecule has 1 aliphatic carbocycles. The molecule has 0 aliphatic heterocycles. The van der Waals surface area contributed by atoms with Crippen LogP contribution in [0.15, 0.2) is 18.5 Å². The van der Waals surface area contributed by atoms with Crippen LogP contribution >= 0.6 is 0 Å². The molecular weight excluding hydrogens is 176 g/mol. The molecule has 3 nitrogen and oxygen atoms in total. The topological polar surface area (TPSA) is 42.9 Å². The highest BCUT2D eigenvalue weighted by molar-refractivity contribution is 5.90. The van der Waals surface area contributed by atoms with Gasteiger partial charge in [0.05, 0.1) is 5.41 Å². The highest BCUT2D eigenvalue weighted by atomic mass is 16.1. The first-order chi connectivity index (χ1) is 6.76. The number of ketones is 1. The molecule has 0 bridgehead atoms. The van der Waals surface area contributed by atoms with Crippen LogP contribution in [0.4, 0.5) is 0 Å². The lowest BCUT2D eigenvalue weighted by atomic mass is 10.0. The van der Waals surface area contributed by atoms with Gasteiger partial charge in [-0.3, -0.25) is 4.79 Å². The molecule has 0 saturated heterocycles. The number of hydrogen-bond acceptors (Lipinski definition) is 3. The number of rotatable bonds is 2. The van der Waals surface area contributed by atoms with Crippen LogP contribution in [0.25, 0.3) is 0 Å². The summed E-state index contributed by atoms with van der Waals surface area (Å²) in [4.78, 5) is 19.5. The van der Waals surface area contributed by atoms with E-state index in [1.165, 1.54) is 0 Å². The van der Waals surface area contributed by atoms with Crippen molar-refractivity contribution < 1.29 is 4.79 Å². The Morgan fingerprint density at radius 2 is 1.79 bits per heavy atom. The van der Waals surface area contributed by atoms with E-state index in [1.807, 2.05) is 13.8 Å². The molecule has 1 heterocycles. The van der Waals surface area contributed by atoms with Crippen molar-refractivity contribution in [2.24, 2.45) is 0 Å². The average molecular weight is 192 g/mol. The van der Waals surface area contributed by atoms with Crippen LogP contribution in [-0.4, -0.2) is 15.8 Å². The van der Waals surface area contributed by atoms with E-state index in [0.717, 1.165) is 12.8 Å². The van der Waals surface area contributed by atoms with Crippen LogP contribution < -0.4 is 0 Å². The lowest BCUT2D eigenvalue weighted by Gasteiger charge is -2.07. The van der Waals surface area contributed by atoms with Gasteiger partial charge < -0.3 is 0 Å². The Labute approximate surface area is 84.6 Å². The van der Waals surface area contributed by atoms with Crippen molar-refractivity contribution >= 4 is 5.78 Å². The number of carbonyl (C=O) groups excluding carboxylic acids is 1.